The third-order valence-electron chi connectivity index (χ3n) is 2.00. The van der Waals surface area contributed by atoms with Gasteiger partial charge in [0.1, 0.15) is 0 Å². The molecule has 0 atom stereocenters. The highest BCUT2D eigenvalue weighted by atomic mass is 79.9. The van der Waals surface area contributed by atoms with Crippen LogP contribution in [0, 0.1) is 13.8 Å². The molecule has 0 aliphatic heterocycles. The van der Waals surface area contributed by atoms with Crippen molar-refractivity contribution in [2.45, 2.75) is 20.8 Å². The van der Waals surface area contributed by atoms with E-state index in [1.165, 1.54) is 0 Å². The second-order valence-corrected chi connectivity index (χ2v) is 5.90. The zero-order valence-corrected chi connectivity index (χ0v) is 11.9. The maximum Gasteiger partial charge on any atom is 0.299 e. The van der Waals surface area contributed by atoms with E-state index < -0.39 is 10.2 Å². The van der Waals surface area contributed by atoms with Gasteiger partial charge in [0.05, 0.1) is 5.69 Å². The third-order valence-corrected chi connectivity index (χ3v) is 3.77. The Kier molecular flexibility index (Phi) is 4.35. The molecule has 0 amide bonds. The quantitative estimate of drug-likeness (QED) is 0.897. The van der Waals surface area contributed by atoms with Gasteiger partial charge in [-0.25, -0.2) is 0 Å². The fourth-order valence-electron chi connectivity index (χ4n) is 1.41. The van der Waals surface area contributed by atoms with Crippen molar-refractivity contribution in [1.29, 1.82) is 0 Å². The molecule has 1 aromatic rings. The SMILES string of the molecule is CCNS(=O)(=O)Nc1c(C)cc(C)cc1Br. The lowest BCUT2D eigenvalue weighted by molar-refractivity contribution is 0.589. The van der Waals surface area contributed by atoms with Crippen molar-refractivity contribution in [3.8, 4) is 0 Å². The molecule has 4 nitrogen and oxygen atoms in total. The van der Waals surface area contributed by atoms with Crippen LogP contribution < -0.4 is 9.44 Å². The van der Waals surface area contributed by atoms with Crippen molar-refractivity contribution in [2.24, 2.45) is 0 Å². The predicted molar refractivity (Wildman–Crippen MR) is 69.8 cm³/mol. The summed E-state index contributed by atoms with van der Waals surface area (Å²) < 4.78 is 28.7. The minimum atomic E-state index is -3.47. The van der Waals surface area contributed by atoms with Crippen molar-refractivity contribution in [2.75, 3.05) is 11.3 Å². The van der Waals surface area contributed by atoms with Crippen molar-refractivity contribution in [1.82, 2.24) is 4.72 Å². The molecular weight excluding hydrogens is 292 g/mol. The van der Waals surface area contributed by atoms with E-state index in [1.54, 1.807) is 6.92 Å². The van der Waals surface area contributed by atoms with E-state index in [-0.39, 0.29) is 0 Å². The number of hydrogen-bond donors (Lipinski definition) is 2. The van der Waals surface area contributed by atoms with Crippen molar-refractivity contribution in [3.05, 3.63) is 27.7 Å². The van der Waals surface area contributed by atoms with E-state index in [4.69, 9.17) is 0 Å². The minimum absolute atomic E-state index is 0.359. The Hall–Kier alpha value is -0.590. The molecule has 0 heterocycles. The third kappa shape index (κ3) is 3.47. The number of aryl methyl sites for hydroxylation is 2. The van der Waals surface area contributed by atoms with Gasteiger partial charge in [0.25, 0.3) is 10.2 Å². The molecule has 0 saturated carbocycles. The summed E-state index contributed by atoms with van der Waals surface area (Å²) in [7, 11) is -3.47. The number of anilines is 1. The molecule has 2 N–H and O–H groups in total. The van der Waals surface area contributed by atoms with Crippen LogP contribution in [0.15, 0.2) is 16.6 Å². The summed E-state index contributed by atoms with van der Waals surface area (Å²) in [5, 5.41) is 0. The number of halogens is 1. The van der Waals surface area contributed by atoms with Gasteiger partial charge in [0, 0.05) is 11.0 Å². The van der Waals surface area contributed by atoms with Crippen molar-refractivity contribution in [3.63, 3.8) is 0 Å². The van der Waals surface area contributed by atoms with Gasteiger partial charge in [0.15, 0.2) is 0 Å². The first-order chi connectivity index (χ1) is 7.35. The van der Waals surface area contributed by atoms with Gasteiger partial charge in [-0.1, -0.05) is 13.0 Å². The van der Waals surface area contributed by atoms with E-state index in [9.17, 15) is 8.42 Å². The highest BCUT2D eigenvalue weighted by molar-refractivity contribution is 9.10. The highest BCUT2D eigenvalue weighted by Gasteiger charge is 2.12. The lowest BCUT2D eigenvalue weighted by Gasteiger charge is -2.13. The molecule has 0 unspecified atom stereocenters. The topological polar surface area (TPSA) is 58.2 Å². The second-order valence-electron chi connectivity index (χ2n) is 3.54. The van der Waals surface area contributed by atoms with E-state index in [0.717, 1.165) is 15.6 Å². The molecule has 0 aromatic heterocycles. The van der Waals surface area contributed by atoms with E-state index in [2.05, 4.69) is 25.4 Å². The van der Waals surface area contributed by atoms with Gasteiger partial charge in [0.2, 0.25) is 0 Å². The number of benzene rings is 1. The average molecular weight is 307 g/mol. The van der Waals surface area contributed by atoms with E-state index in [0.29, 0.717) is 12.2 Å². The zero-order chi connectivity index (χ0) is 12.3. The standard InChI is InChI=1S/C10H15BrN2O2S/c1-4-12-16(14,15)13-10-8(3)5-7(2)6-9(10)11/h5-6,12-13H,4H2,1-3H3. The Morgan fingerprint density at radius 2 is 1.94 bits per heavy atom. The van der Waals surface area contributed by atoms with Crippen molar-refractivity contribution < 1.29 is 8.42 Å². The largest absolute Gasteiger partial charge is 0.299 e. The molecule has 0 aliphatic carbocycles. The monoisotopic (exact) mass is 306 g/mol. The number of rotatable bonds is 4. The summed E-state index contributed by atoms with van der Waals surface area (Å²) in [6.07, 6.45) is 0. The molecule has 0 saturated heterocycles. The van der Waals surface area contributed by atoms with Gasteiger partial charge in [-0.3, -0.25) is 4.72 Å². The van der Waals surface area contributed by atoms with Gasteiger partial charge in [-0.05, 0) is 47.0 Å². The normalized spacial score (nSPS) is 11.5. The molecule has 0 spiro atoms. The van der Waals surface area contributed by atoms with Crippen LogP contribution >= 0.6 is 15.9 Å². The number of nitrogens with one attached hydrogen (secondary N) is 2. The maximum atomic E-state index is 11.5. The van der Waals surface area contributed by atoms with Crippen LogP contribution in [0.1, 0.15) is 18.1 Å². The lowest BCUT2D eigenvalue weighted by Crippen LogP contribution is -2.30. The van der Waals surface area contributed by atoms with Gasteiger partial charge < -0.3 is 0 Å². The maximum absolute atomic E-state index is 11.5. The van der Waals surface area contributed by atoms with Gasteiger partial charge >= 0.3 is 0 Å². The van der Waals surface area contributed by atoms with Gasteiger partial charge in [-0.2, -0.15) is 13.1 Å². The summed E-state index contributed by atoms with van der Waals surface area (Å²) in [6.45, 7) is 5.91. The van der Waals surface area contributed by atoms with Crippen molar-refractivity contribution >= 4 is 31.8 Å². The molecule has 0 aliphatic rings. The smallest absolute Gasteiger partial charge is 0.270 e. The summed E-state index contributed by atoms with van der Waals surface area (Å²) >= 11 is 3.35. The molecule has 1 rings (SSSR count). The van der Waals surface area contributed by atoms with E-state index in [1.807, 2.05) is 26.0 Å². The molecule has 0 fully saturated rings. The summed E-state index contributed by atoms with van der Waals surface area (Å²) in [6, 6.07) is 3.80. The molecular formula is C10H15BrN2O2S. The molecule has 90 valence electrons. The second kappa shape index (κ2) is 5.16. The fraction of sp³-hybridized carbons (Fsp3) is 0.400. The zero-order valence-electron chi connectivity index (χ0n) is 9.46. The summed E-state index contributed by atoms with van der Waals surface area (Å²) in [5.74, 6) is 0. The molecule has 1 aromatic carbocycles. The van der Waals surface area contributed by atoms with Crippen LogP contribution in [0.2, 0.25) is 0 Å². The molecule has 16 heavy (non-hydrogen) atoms. The Labute approximate surface area is 105 Å². The van der Waals surface area contributed by atoms with Crippen LogP contribution in [0.25, 0.3) is 0 Å². The minimum Gasteiger partial charge on any atom is -0.270 e. The van der Waals surface area contributed by atoms with Gasteiger partial charge in [-0.15, -0.1) is 0 Å². The predicted octanol–water partition coefficient (Wildman–Crippen LogP) is 2.33. The van der Waals surface area contributed by atoms with Crippen LogP contribution in [-0.4, -0.2) is 15.0 Å². The Bertz CT molecular complexity index is 463. The summed E-state index contributed by atoms with van der Waals surface area (Å²) in [5.41, 5.74) is 2.54. The number of hydrogen-bond acceptors (Lipinski definition) is 2. The Morgan fingerprint density at radius 1 is 1.31 bits per heavy atom. The van der Waals surface area contributed by atoms with Crippen LogP contribution in [-0.2, 0) is 10.2 Å². The molecule has 6 heteroatoms. The average Bonchev–Trinajstić information content (AvgIpc) is 2.11. The first-order valence-corrected chi connectivity index (χ1v) is 7.17. The van der Waals surface area contributed by atoms with E-state index >= 15 is 0 Å². The highest BCUT2D eigenvalue weighted by Crippen LogP contribution is 2.28. The van der Waals surface area contributed by atoms with Crippen LogP contribution in [0.4, 0.5) is 5.69 Å². The first-order valence-electron chi connectivity index (χ1n) is 4.90. The molecule has 0 radical (unpaired) electrons. The summed E-state index contributed by atoms with van der Waals surface area (Å²) in [4.78, 5) is 0. The van der Waals surface area contributed by atoms with Crippen LogP contribution in [0.5, 0.6) is 0 Å². The fourth-order valence-corrected chi connectivity index (χ4v) is 3.30. The first kappa shape index (κ1) is 13.5. The lowest BCUT2D eigenvalue weighted by atomic mass is 10.1. The Morgan fingerprint density at radius 3 is 2.44 bits per heavy atom. The van der Waals surface area contributed by atoms with Crippen LogP contribution in [0.3, 0.4) is 0 Å². The Balaban J connectivity index is 3.07. The molecule has 0 bridgehead atoms.